The summed E-state index contributed by atoms with van der Waals surface area (Å²) in [5, 5.41) is 9.18. The molecule has 2 rings (SSSR count). The highest BCUT2D eigenvalue weighted by Crippen LogP contribution is 2.38. The molecule has 0 atom stereocenters. The Hall–Kier alpha value is -2.11. The maximum Gasteiger partial charge on any atom is 0.417 e. The van der Waals surface area contributed by atoms with Crippen molar-refractivity contribution in [3.8, 4) is 16.9 Å². The van der Waals surface area contributed by atoms with Crippen molar-refractivity contribution in [1.29, 1.82) is 0 Å². The number of rotatable bonds is 1. The molecule has 0 radical (unpaired) electrons. The molecule has 1 heterocycles. The highest BCUT2D eigenvalue weighted by atomic mass is 19.4. The van der Waals surface area contributed by atoms with Gasteiger partial charge >= 0.3 is 6.18 Å². The molecule has 0 amide bonds. The normalized spacial score (nSPS) is 11.6. The van der Waals surface area contributed by atoms with Gasteiger partial charge in [0.2, 0.25) is 5.95 Å². The van der Waals surface area contributed by atoms with Crippen LogP contribution in [0.2, 0.25) is 0 Å². The second kappa shape index (κ2) is 4.29. The van der Waals surface area contributed by atoms with E-state index < -0.39 is 23.4 Å². The summed E-state index contributed by atoms with van der Waals surface area (Å²) in [6, 6.07) is 5.45. The predicted molar refractivity (Wildman–Crippen MR) is 56.3 cm³/mol. The zero-order valence-corrected chi connectivity index (χ0v) is 8.87. The Bertz CT molecular complexity index is 581. The molecule has 94 valence electrons. The van der Waals surface area contributed by atoms with E-state index in [1.807, 2.05) is 0 Å². The molecule has 0 saturated heterocycles. The Kier molecular flexibility index (Phi) is 2.94. The molecule has 2 nitrogen and oxygen atoms in total. The fraction of sp³-hybridized carbons (Fsp3) is 0.0833. The van der Waals surface area contributed by atoms with E-state index in [0.717, 1.165) is 24.4 Å². The third kappa shape index (κ3) is 2.27. The van der Waals surface area contributed by atoms with Crippen LogP contribution in [0.4, 0.5) is 17.6 Å². The quantitative estimate of drug-likeness (QED) is 0.625. The minimum atomic E-state index is -4.60. The Morgan fingerprint density at radius 2 is 1.72 bits per heavy atom. The van der Waals surface area contributed by atoms with Crippen LogP contribution >= 0.6 is 0 Å². The van der Waals surface area contributed by atoms with E-state index >= 15 is 0 Å². The fourth-order valence-electron chi connectivity index (χ4n) is 1.59. The second-order valence-corrected chi connectivity index (χ2v) is 3.58. The van der Waals surface area contributed by atoms with Crippen LogP contribution in [0, 0.1) is 5.95 Å². The first-order valence-corrected chi connectivity index (χ1v) is 4.90. The molecule has 0 aliphatic heterocycles. The standard InChI is InChI=1S/C12H7F4NO/c13-11-9(5-7(18)6-17-11)8-3-1-2-4-10(8)12(14,15)16/h1-6,18H. The largest absolute Gasteiger partial charge is 0.506 e. The van der Waals surface area contributed by atoms with E-state index in [9.17, 15) is 22.7 Å². The van der Waals surface area contributed by atoms with E-state index in [2.05, 4.69) is 4.98 Å². The maximum atomic E-state index is 13.4. The summed E-state index contributed by atoms with van der Waals surface area (Å²) in [6.07, 6.45) is -3.77. The first-order valence-electron chi connectivity index (χ1n) is 4.90. The van der Waals surface area contributed by atoms with E-state index in [1.54, 1.807) is 0 Å². The summed E-state index contributed by atoms with van der Waals surface area (Å²) in [5.74, 6) is -1.46. The minimum absolute atomic E-state index is 0.356. The Morgan fingerprint density at radius 1 is 1.06 bits per heavy atom. The predicted octanol–water partition coefficient (Wildman–Crippen LogP) is 3.61. The number of halogens is 4. The van der Waals surface area contributed by atoms with E-state index in [1.165, 1.54) is 12.1 Å². The highest BCUT2D eigenvalue weighted by Gasteiger charge is 2.34. The van der Waals surface area contributed by atoms with Gasteiger partial charge in [-0.05, 0) is 17.7 Å². The third-order valence-electron chi connectivity index (χ3n) is 2.35. The van der Waals surface area contributed by atoms with Crippen molar-refractivity contribution < 1.29 is 22.7 Å². The maximum absolute atomic E-state index is 13.4. The molecule has 0 fully saturated rings. The molecule has 0 unspecified atom stereocenters. The van der Waals surface area contributed by atoms with Gasteiger partial charge in [-0.2, -0.15) is 17.6 Å². The lowest BCUT2D eigenvalue weighted by atomic mass is 10.0. The van der Waals surface area contributed by atoms with Crippen molar-refractivity contribution in [3.05, 3.63) is 48.0 Å². The van der Waals surface area contributed by atoms with Gasteiger partial charge in [0.1, 0.15) is 5.75 Å². The average molecular weight is 257 g/mol. The van der Waals surface area contributed by atoms with Crippen LogP contribution in [-0.4, -0.2) is 10.1 Å². The molecule has 18 heavy (non-hydrogen) atoms. The number of hydrogen-bond acceptors (Lipinski definition) is 2. The van der Waals surface area contributed by atoms with Crippen molar-refractivity contribution in [2.24, 2.45) is 0 Å². The van der Waals surface area contributed by atoms with Gasteiger partial charge in [0.25, 0.3) is 0 Å². The number of hydrogen-bond donors (Lipinski definition) is 1. The molecule has 0 saturated carbocycles. The van der Waals surface area contributed by atoms with Gasteiger partial charge in [-0.15, -0.1) is 0 Å². The van der Waals surface area contributed by atoms with Crippen LogP contribution in [0.15, 0.2) is 36.5 Å². The Morgan fingerprint density at radius 3 is 2.39 bits per heavy atom. The van der Waals surface area contributed by atoms with Crippen LogP contribution in [0.5, 0.6) is 5.75 Å². The Labute approximate surface area is 99.5 Å². The summed E-state index contributed by atoms with van der Waals surface area (Å²) >= 11 is 0. The van der Waals surface area contributed by atoms with E-state index in [0.29, 0.717) is 0 Å². The van der Waals surface area contributed by atoms with Gasteiger partial charge in [-0.1, -0.05) is 18.2 Å². The molecular formula is C12H7F4NO. The molecule has 0 aliphatic rings. The summed E-state index contributed by atoms with van der Waals surface area (Å²) < 4.78 is 51.7. The van der Waals surface area contributed by atoms with Crippen molar-refractivity contribution in [2.45, 2.75) is 6.18 Å². The summed E-state index contributed by atoms with van der Waals surface area (Å²) in [6.45, 7) is 0. The van der Waals surface area contributed by atoms with Gasteiger partial charge in [0.05, 0.1) is 11.8 Å². The molecule has 1 aromatic heterocycles. The van der Waals surface area contributed by atoms with Crippen LogP contribution in [-0.2, 0) is 6.18 Å². The number of nitrogens with zero attached hydrogens (tertiary/aromatic N) is 1. The SMILES string of the molecule is Oc1cnc(F)c(-c2ccccc2C(F)(F)F)c1. The van der Waals surface area contributed by atoms with Crippen molar-refractivity contribution in [1.82, 2.24) is 4.98 Å². The van der Waals surface area contributed by atoms with Gasteiger partial charge in [-0.25, -0.2) is 4.98 Å². The van der Waals surface area contributed by atoms with Crippen molar-refractivity contribution in [3.63, 3.8) is 0 Å². The van der Waals surface area contributed by atoms with Crippen molar-refractivity contribution in [2.75, 3.05) is 0 Å². The Balaban J connectivity index is 2.68. The van der Waals surface area contributed by atoms with Gasteiger partial charge in [-0.3, -0.25) is 0 Å². The first kappa shape index (κ1) is 12.3. The van der Waals surface area contributed by atoms with Crippen molar-refractivity contribution >= 4 is 0 Å². The van der Waals surface area contributed by atoms with Gasteiger partial charge < -0.3 is 5.11 Å². The van der Waals surface area contributed by atoms with Gasteiger partial charge in [0, 0.05) is 5.56 Å². The number of alkyl halides is 3. The lowest BCUT2D eigenvalue weighted by Crippen LogP contribution is -2.07. The van der Waals surface area contributed by atoms with Crippen LogP contribution in [0.3, 0.4) is 0 Å². The molecule has 0 aliphatic carbocycles. The van der Waals surface area contributed by atoms with Crippen LogP contribution < -0.4 is 0 Å². The number of aromatic hydroxyl groups is 1. The van der Waals surface area contributed by atoms with E-state index in [-0.39, 0.29) is 11.1 Å². The van der Waals surface area contributed by atoms with E-state index in [4.69, 9.17) is 0 Å². The van der Waals surface area contributed by atoms with Crippen LogP contribution in [0.25, 0.3) is 11.1 Å². The first-order chi connectivity index (χ1) is 8.39. The summed E-state index contributed by atoms with van der Waals surface area (Å²) in [5.41, 5.74) is -1.72. The molecular weight excluding hydrogens is 250 g/mol. The summed E-state index contributed by atoms with van der Waals surface area (Å²) in [7, 11) is 0. The second-order valence-electron chi connectivity index (χ2n) is 3.58. The monoisotopic (exact) mass is 257 g/mol. The number of benzene rings is 1. The van der Waals surface area contributed by atoms with Gasteiger partial charge in [0.15, 0.2) is 0 Å². The zero-order valence-electron chi connectivity index (χ0n) is 8.87. The number of pyridine rings is 1. The molecule has 0 spiro atoms. The number of aromatic nitrogens is 1. The highest BCUT2D eigenvalue weighted by molar-refractivity contribution is 5.68. The lowest BCUT2D eigenvalue weighted by Gasteiger charge is -2.12. The molecule has 6 heteroatoms. The van der Waals surface area contributed by atoms with Crippen LogP contribution in [0.1, 0.15) is 5.56 Å². The molecule has 2 aromatic rings. The summed E-state index contributed by atoms with van der Waals surface area (Å²) in [4.78, 5) is 3.19. The molecule has 1 N–H and O–H groups in total. The fourth-order valence-corrected chi connectivity index (χ4v) is 1.59. The smallest absolute Gasteiger partial charge is 0.417 e. The topological polar surface area (TPSA) is 33.1 Å². The zero-order chi connectivity index (χ0) is 13.3. The lowest BCUT2D eigenvalue weighted by molar-refractivity contribution is -0.137. The third-order valence-corrected chi connectivity index (χ3v) is 2.35. The minimum Gasteiger partial charge on any atom is -0.506 e. The molecule has 0 bridgehead atoms. The average Bonchev–Trinajstić information content (AvgIpc) is 2.31. The molecule has 1 aromatic carbocycles.